The van der Waals surface area contributed by atoms with Gasteiger partial charge in [-0.15, -0.1) is 0 Å². The molecule has 4 aromatic heterocycles. The number of rotatable bonds is 4. The van der Waals surface area contributed by atoms with Crippen molar-refractivity contribution in [2.75, 3.05) is 0 Å². The van der Waals surface area contributed by atoms with Crippen molar-refractivity contribution in [3.8, 4) is 45.5 Å². The van der Waals surface area contributed by atoms with Crippen LogP contribution in [0.5, 0.6) is 0 Å². The van der Waals surface area contributed by atoms with E-state index in [1.165, 1.54) is 44.1 Å². The number of para-hydroxylation sites is 4. The summed E-state index contributed by atoms with van der Waals surface area (Å²) in [7, 11) is 0. The molecule has 60 heavy (non-hydrogen) atoms. The van der Waals surface area contributed by atoms with Gasteiger partial charge in [-0.2, -0.15) is 9.97 Å². The van der Waals surface area contributed by atoms with Crippen LogP contribution in [0.2, 0.25) is 0 Å². The van der Waals surface area contributed by atoms with Crippen LogP contribution in [0.15, 0.2) is 180 Å². The molecule has 0 bridgehead atoms. The van der Waals surface area contributed by atoms with Crippen LogP contribution < -0.4 is 0 Å². The van der Waals surface area contributed by atoms with E-state index in [1.807, 2.05) is 48.5 Å². The second kappa shape index (κ2) is 12.1. The monoisotopic (exact) mass is 769 g/mol. The fourth-order valence-electron chi connectivity index (χ4n) is 9.99. The summed E-state index contributed by atoms with van der Waals surface area (Å²) in [4.78, 5) is 15.8. The van der Waals surface area contributed by atoms with Crippen LogP contribution >= 0.6 is 0 Å². The predicted molar refractivity (Wildman–Crippen MR) is 244 cm³/mol. The van der Waals surface area contributed by atoms with Crippen molar-refractivity contribution in [3.63, 3.8) is 0 Å². The van der Waals surface area contributed by atoms with E-state index in [9.17, 15) is 0 Å². The van der Waals surface area contributed by atoms with E-state index in [-0.39, 0.29) is 5.41 Å². The highest BCUT2D eigenvalue weighted by molar-refractivity contribution is 6.15. The van der Waals surface area contributed by atoms with Crippen LogP contribution in [-0.2, 0) is 5.41 Å². The second-order valence-corrected chi connectivity index (χ2v) is 16.4. The molecule has 0 N–H and O–H groups in total. The third-order valence-corrected chi connectivity index (χ3v) is 12.8. The number of aromatic nitrogens is 5. The molecule has 0 aliphatic heterocycles. The molecular formula is C54H35N5O. The van der Waals surface area contributed by atoms with E-state index in [0.29, 0.717) is 17.6 Å². The summed E-state index contributed by atoms with van der Waals surface area (Å²) in [5.74, 6) is 1.77. The van der Waals surface area contributed by atoms with E-state index >= 15 is 0 Å². The maximum atomic E-state index is 6.33. The van der Waals surface area contributed by atoms with Gasteiger partial charge in [0.2, 0.25) is 5.95 Å². The van der Waals surface area contributed by atoms with Crippen LogP contribution in [0.3, 0.4) is 0 Å². The van der Waals surface area contributed by atoms with Crippen LogP contribution in [-0.4, -0.2) is 24.1 Å². The summed E-state index contributed by atoms with van der Waals surface area (Å²) in [6.45, 7) is 4.73. The van der Waals surface area contributed by atoms with Crippen molar-refractivity contribution >= 4 is 65.6 Å². The molecule has 0 atom stereocenters. The lowest BCUT2D eigenvalue weighted by Gasteiger charge is -2.22. The zero-order valence-corrected chi connectivity index (χ0v) is 32.9. The predicted octanol–water partition coefficient (Wildman–Crippen LogP) is 13.6. The molecule has 0 spiro atoms. The highest BCUT2D eigenvalue weighted by atomic mass is 16.3. The molecule has 0 saturated carbocycles. The first-order valence-corrected chi connectivity index (χ1v) is 20.4. The number of hydrogen-bond donors (Lipinski definition) is 0. The average molecular weight is 770 g/mol. The fourth-order valence-corrected chi connectivity index (χ4v) is 9.99. The molecule has 6 heteroatoms. The largest absolute Gasteiger partial charge is 0.456 e. The Morgan fingerprint density at radius 3 is 1.67 bits per heavy atom. The minimum Gasteiger partial charge on any atom is -0.456 e. The fraction of sp³-hybridized carbons (Fsp3) is 0.0556. The Labute approximate surface area is 344 Å². The zero-order chi connectivity index (χ0) is 39.7. The third-order valence-electron chi connectivity index (χ3n) is 12.8. The van der Waals surface area contributed by atoms with Crippen molar-refractivity contribution in [3.05, 3.63) is 187 Å². The quantitative estimate of drug-likeness (QED) is 0.179. The molecular weight excluding hydrogens is 735 g/mol. The number of furan rings is 1. The summed E-state index contributed by atoms with van der Waals surface area (Å²) in [6, 6.07) is 62.3. The van der Waals surface area contributed by atoms with E-state index in [4.69, 9.17) is 19.4 Å². The molecule has 4 heterocycles. The lowest BCUT2D eigenvalue weighted by Crippen LogP contribution is -2.15. The van der Waals surface area contributed by atoms with Gasteiger partial charge in [-0.25, -0.2) is 4.98 Å². The van der Waals surface area contributed by atoms with Crippen LogP contribution in [0.1, 0.15) is 25.0 Å². The third kappa shape index (κ3) is 4.56. The second-order valence-electron chi connectivity index (χ2n) is 16.4. The van der Waals surface area contributed by atoms with Gasteiger partial charge in [0.25, 0.3) is 0 Å². The van der Waals surface area contributed by atoms with Gasteiger partial charge < -0.3 is 8.98 Å². The van der Waals surface area contributed by atoms with E-state index in [1.54, 1.807) is 0 Å². The normalized spacial score (nSPS) is 13.3. The summed E-state index contributed by atoms with van der Waals surface area (Å²) in [6.07, 6.45) is 0. The minimum absolute atomic E-state index is 0.288. The first kappa shape index (κ1) is 33.2. The van der Waals surface area contributed by atoms with Crippen LogP contribution in [0, 0.1) is 0 Å². The Morgan fingerprint density at radius 1 is 0.417 bits per heavy atom. The Balaban J connectivity index is 1.08. The molecule has 8 aromatic carbocycles. The van der Waals surface area contributed by atoms with E-state index in [0.717, 1.165) is 60.6 Å². The highest BCUT2D eigenvalue weighted by Crippen LogP contribution is 2.53. The molecule has 0 radical (unpaired) electrons. The molecule has 0 fully saturated rings. The minimum atomic E-state index is -0.288. The first-order valence-electron chi connectivity index (χ1n) is 20.4. The van der Waals surface area contributed by atoms with Crippen molar-refractivity contribution in [1.29, 1.82) is 0 Å². The smallest absolute Gasteiger partial charge is 0.238 e. The molecule has 282 valence electrons. The average Bonchev–Trinajstić information content (AvgIpc) is 4.00. The van der Waals surface area contributed by atoms with Crippen LogP contribution in [0.4, 0.5) is 0 Å². The van der Waals surface area contributed by atoms with Crippen molar-refractivity contribution in [2.45, 2.75) is 19.3 Å². The number of nitrogens with zero attached hydrogens (tertiary/aromatic N) is 5. The summed E-state index contributed by atoms with van der Waals surface area (Å²) in [5, 5.41) is 6.83. The van der Waals surface area contributed by atoms with Gasteiger partial charge in [0.15, 0.2) is 11.6 Å². The number of hydrogen-bond acceptors (Lipinski definition) is 4. The molecule has 0 saturated heterocycles. The number of fused-ring (bicyclic) bond motifs is 12. The molecule has 1 aliphatic rings. The number of benzene rings is 8. The van der Waals surface area contributed by atoms with Gasteiger partial charge in [0.05, 0.1) is 22.1 Å². The molecule has 0 unspecified atom stereocenters. The van der Waals surface area contributed by atoms with E-state index < -0.39 is 0 Å². The maximum Gasteiger partial charge on any atom is 0.238 e. The molecule has 13 rings (SSSR count). The summed E-state index contributed by atoms with van der Waals surface area (Å²) < 4.78 is 11.0. The lowest BCUT2D eigenvalue weighted by molar-refractivity contribution is 0.661. The topological polar surface area (TPSA) is 61.7 Å². The zero-order valence-electron chi connectivity index (χ0n) is 32.9. The standard InChI is InChI=1S/C54H35N5O/c1-54(2)42-30-46-40(34-20-9-12-24-44(34)58(46)33-18-7-4-8-19-33)28-38(42)39-29-41-35-21-10-13-25-45(35)59(47(41)31-43(39)54)53-56-51(32-16-5-3-6-17-32)55-52(57-53)37-23-15-27-49-50(37)36-22-11-14-26-48(36)60-49/h3-31H,1-2H3. The van der Waals surface area contributed by atoms with Gasteiger partial charge in [0.1, 0.15) is 11.2 Å². The summed E-state index contributed by atoms with van der Waals surface area (Å²) >= 11 is 0. The van der Waals surface area contributed by atoms with Gasteiger partial charge in [0, 0.05) is 54.5 Å². The molecule has 1 aliphatic carbocycles. The molecule has 0 amide bonds. The van der Waals surface area contributed by atoms with Crippen LogP contribution in [0.25, 0.3) is 111 Å². The summed E-state index contributed by atoms with van der Waals surface area (Å²) in [5.41, 5.74) is 14.0. The maximum absolute atomic E-state index is 6.33. The van der Waals surface area contributed by atoms with E-state index in [2.05, 4.69) is 150 Å². The Bertz CT molecular complexity index is 3740. The Hall–Kier alpha value is -7.83. The van der Waals surface area contributed by atoms with Crippen molar-refractivity contribution < 1.29 is 4.42 Å². The molecule has 6 nitrogen and oxygen atoms in total. The molecule has 12 aromatic rings. The van der Waals surface area contributed by atoms with Gasteiger partial charge in [-0.3, -0.25) is 4.57 Å². The highest BCUT2D eigenvalue weighted by Gasteiger charge is 2.38. The van der Waals surface area contributed by atoms with Crippen molar-refractivity contribution in [2.24, 2.45) is 0 Å². The lowest BCUT2D eigenvalue weighted by atomic mass is 9.82. The SMILES string of the molecule is CC1(C)c2cc3c(cc2-c2cc4c5ccccc5n(-c5nc(-c6ccccc6)nc(-c6cccc7oc8ccccc8c67)n5)c4cc21)c1ccccc1n3-c1ccccc1. The van der Waals surface area contributed by atoms with Gasteiger partial charge >= 0.3 is 0 Å². The Kier molecular flexibility index (Phi) is 6.69. The van der Waals surface area contributed by atoms with Crippen molar-refractivity contribution in [1.82, 2.24) is 24.1 Å². The first-order chi connectivity index (χ1) is 29.5. The van der Waals surface area contributed by atoms with Gasteiger partial charge in [-0.05, 0) is 82.9 Å². The Morgan fingerprint density at radius 2 is 0.967 bits per heavy atom. The van der Waals surface area contributed by atoms with Gasteiger partial charge in [-0.1, -0.05) is 129 Å².